The quantitative estimate of drug-likeness (QED) is 0.610. The summed E-state index contributed by atoms with van der Waals surface area (Å²) in [5, 5.41) is 0. The molecular weight excluding hydrogens is 248 g/mol. The Bertz CT molecular complexity index is 594. The van der Waals surface area contributed by atoms with Crippen LogP contribution >= 0.6 is 11.6 Å². The third kappa shape index (κ3) is 1.46. The van der Waals surface area contributed by atoms with Crippen LogP contribution < -0.4 is 0 Å². The number of ether oxygens (including phenoxy) is 1. The largest absolute Gasteiger partial charge is 0.444 e. The molecule has 0 aromatic heterocycles. The van der Waals surface area contributed by atoms with Crippen LogP contribution in [0.4, 0.5) is 0 Å². The zero-order valence-electron chi connectivity index (χ0n) is 9.60. The maximum absolute atomic E-state index is 11.9. The Morgan fingerprint density at radius 2 is 1.67 bits per heavy atom. The minimum atomic E-state index is -0.851. The van der Waals surface area contributed by atoms with Crippen molar-refractivity contribution in [2.24, 2.45) is 0 Å². The third-order valence-electron chi connectivity index (χ3n) is 3.28. The molecule has 0 aliphatic carbocycles. The molecule has 2 aromatic rings. The van der Waals surface area contributed by atoms with Gasteiger partial charge in [-0.05, 0) is 6.07 Å². The van der Waals surface area contributed by atoms with E-state index in [1.807, 2.05) is 48.5 Å². The van der Waals surface area contributed by atoms with Crippen molar-refractivity contribution in [1.29, 1.82) is 0 Å². The van der Waals surface area contributed by atoms with Gasteiger partial charge >= 0.3 is 5.97 Å². The van der Waals surface area contributed by atoms with E-state index >= 15 is 0 Å². The van der Waals surface area contributed by atoms with Crippen LogP contribution in [0.2, 0.25) is 0 Å². The molecule has 1 aliphatic heterocycles. The second-order valence-corrected chi connectivity index (χ2v) is 4.53. The first kappa shape index (κ1) is 11.3. The fourth-order valence-corrected chi connectivity index (χ4v) is 2.73. The molecule has 1 unspecified atom stereocenters. The molecule has 1 aliphatic rings. The summed E-state index contributed by atoms with van der Waals surface area (Å²) >= 11 is 6.11. The van der Waals surface area contributed by atoms with E-state index in [9.17, 15) is 4.79 Å². The highest BCUT2D eigenvalue weighted by molar-refractivity contribution is 6.19. The number of hydrogen-bond donors (Lipinski definition) is 0. The van der Waals surface area contributed by atoms with E-state index in [1.165, 1.54) is 0 Å². The van der Waals surface area contributed by atoms with E-state index in [4.69, 9.17) is 16.3 Å². The molecule has 2 nitrogen and oxygen atoms in total. The Balaban J connectivity index is 2.24. The number of hydrogen-bond acceptors (Lipinski definition) is 2. The van der Waals surface area contributed by atoms with Gasteiger partial charge in [0.2, 0.25) is 0 Å². The zero-order valence-corrected chi connectivity index (χ0v) is 10.4. The summed E-state index contributed by atoms with van der Waals surface area (Å²) in [7, 11) is 0. The van der Waals surface area contributed by atoms with Crippen molar-refractivity contribution in [3.05, 3.63) is 71.3 Å². The number of carbonyl (C=O) groups excluding carboxylic acids is 1. The maximum Gasteiger partial charge on any atom is 0.339 e. The average molecular weight is 259 g/mol. The molecule has 0 bridgehead atoms. The Hall–Kier alpha value is -1.80. The molecule has 0 N–H and O–H groups in total. The molecule has 0 fully saturated rings. The first-order valence-electron chi connectivity index (χ1n) is 5.72. The van der Waals surface area contributed by atoms with Crippen LogP contribution in [0, 0.1) is 0 Å². The summed E-state index contributed by atoms with van der Waals surface area (Å²) in [6.45, 7) is 0. The second-order valence-electron chi connectivity index (χ2n) is 4.26. The lowest BCUT2D eigenvalue weighted by atomic mass is 9.87. The Kier molecular flexibility index (Phi) is 2.60. The van der Waals surface area contributed by atoms with Crippen LogP contribution in [0.5, 0.6) is 0 Å². The fourth-order valence-electron chi connectivity index (χ4n) is 2.38. The smallest absolute Gasteiger partial charge is 0.339 e. The number of benzene rings is 2. The van der Waals surface area contributed by atoms with Crippen molar-refractivity contribution in [3.8, 4) is 0 Å². The molecule has 0 radical (unpaired) electrons. The Labute approximate surface area is 110 Å². The van der Waals surface area contributed by atoms with E-state index < -0.39 is 5.60 Å². The van der Waals surface area contributed by atoms with E-state index in [1.54, 1.807) is 6.07 Å². The maximum atomic E-state index is 11.9. The molecular formula is C15H11ClO2. The lowest BCUT2D eigenvalue weighted by Gasteiger charge is -2.26. The summed E-state index contributed by atoms with van der Waals surface area (Å²) in [6.07, 6.45) is 0. The van der Waals surface area contributed by atoms with Crippen molar-refractivity contribution in [2.45, 2.75) is 5.60 Å². The van der Waals surface area contributed by atoms with E-state index in [2.05, 4.69) is 0 Å². The number of rotatable bonds is 2. The van der Waals surface area contributed by atoms with Crippen LogP contribution in [0.25, 0.3) is 0 Å². The van der Waals surface area contributed by atoms with Gasteiger partial charge in [-0.3, -0.25) is 0 Å². The Morgan fingerprint density at radius 3 is 2.39 bits per heavy atom. The second kappa shape index (κ2) is 4.14. The summed E-state index contributed by atoms with van der Waals surface area (Å²) in [6, 6.07) is 17.0. The fraction of sp³-hybridized carbons (Fsp3) is 0.133. The highest BCUT2D eigenvalue weighted by Crippen LogP contribution is 2.42. The molecule has 3 rings (SSSR count). The van der Waals surface area contributed by atoms with Gasteiger partial charge in [-0.25, -0.2) is 4.79 Å². The number of fused-ring (bicyclic) bond motifs is 1. The molecule has 1 atom stereocenters. The summed E-state index contributed by atoms with van der Waals surface area (Å²) < 4.78 is 5.58. The van der Waals surface area contributed by atoms with Crippen LogP contribution in [0.15, 0.2) is 54.6 Å². The van der Waals surface area contributed by atoms with Gasteiger partial charge in [-0.15, -0.1) is 11.6 Å². The first-order valence-corrected chi connectivity index (χ1v) is 6.26. The van der Waals surface area contributed by atoms with Crippen LogP contribution in [-0.2, 0) is 10.3 Å². The average Bonchev–Trinajstić information content (AvgIpc) is 2.74. The predicted octanol–water partition coefficient (Wildman–Crippen LogP) is 3.34. The molecule has 0 saturated heterocycles. The molecule has 0 amide bonds. The molecule has 0 spiro atoms. The van der Waals surface area contributed by atoms with Crippen molar-refractivity contribution in [2.75, 3.05) is 5.88 Å². The summed E-state index contributed by atoms with van der Waals surface area (Å²) in [5.41, 5.74) is 1.49. The molecule has 3 heteroatoms. The molecule has 1 heterocycles. The summed E-state index contributed by atoms with van der Waals surface area (Å²) in [5.74, 6) is -0.102. The minimum Gasteiger partial charge on any atom is -0.444 e. The third-order valence-corrected chi connectivity index (χ3v) is 3.65. The highest BCUT2D eigenvalue weighted by atomic mass is 35.5. The monoisotopic (exact) mass is 258 g/mol. The van der Waals surface area contributed by atoms with Crippen molar-refractivity contribution in [1.82, 2.24) is 0 Å². The highest BCUT2D eigenvalue weighted by Gasteiger charge is 2.46. The number of alkyl halides is 1. The molecule has 0 saturated carbocycles. The standard InChI is InChI=1S/C15H11ClO2/c16-10-15(11-6-2-1-3-7-11)13-9-5-4-8-12(13)14(17)18-15/h1-9H,10H2. The van der Waals surface area contributed by atoms with Crippen molar-refractivity contribution < 1.29 is 9.53 Å². The van der Waals surface area contributed by atoms with E-state index in [-0.39, 0.29) is 11.8 Å². The predicted molar refractivity (Wildman–Crippen MR) is 69.8 cm³/mol. The SMILES string of the molecule is O=C1OC(CCl)(c2ccccc2)c2ccccc21. The van der Waals surface area contributed by atoms with Gasteiger partial charge in [-0.1, -0.05) is 48.5 Å². The van der Waals surface area contributed by atoms with Gasteiger partial charge in [0.25, 0.3) is 0 Å². The topological polar surface area (TPSA) is 26.3 Å². The van der Waals surface area contributed by atoms with Crippen LogP contribution in [0.1, 0.15) is 21.5 Å². The van der Waals surface area contributed by atoms with Crippen LogP contribution in [0.3, 0.4) is 0 Å². The van der Waals surface area contributed by atoms with Gasteiger partial charge in [0, 0.05) is 11.1 Å². The number of esters is 1. The van der Waals surface area contributed by atoms with Crippen molar-refractivity contribution >= 4 is 17.6 Å². The van der Waals surface area contributed by atoms with Gasteiger partial charge in [-0.2, -0.15) is 0 Å². The van der Waals surface area contributed by atoms with E-state index in [0.29, 0.717) is 5.56 Å². The molecule has 90 valence electrons. The minimum absolute atomic E-state index is 0.208. The number of halogens is 1. The van der Waals surface area contributed by atoms with Gasteiger partial charge in [0.05, 0.1) is 11.4 Å². The van der Waals surface area contributed by atoms with E-state index in [0.717, 1.165) is 11.1 Å². The normalized spacial score (nSPS) is 21.5. The number of cyclic esters (lactones) is 1. The number of carbonyl (C=O) groups is 1. The zero-order chi connectivity index (χ0) is 12.6. The lowest BCUT2D eigenvalue weighted by molar-refractivity contribution is 0.0192. The molecule has 2 aromatic carbocycles. The molecule has 18 heavy (non-hydrogen) atoms. The summed E-state index contributed by atoms with van der Waals surface area (Å²) in [4.78, 5) is 11.9. The van der Waals surface area contributed by atoms with Gasteiger partial charge < -0.3 is 4.74 Å². The van der Waals surface area contributed by atoms with Crippen LogP contribution in [-0.4, -0.2) is 11.8 Å². The first-order chi connectivity index (χ1) is 8.78. The van der Waals surface area contributed by atoms with Gasteiger partial charge in [0.1, 0.15) is 0 Å². The lowest BCUT2D eigenvalue weighted by Crippen LogP contribution is -2.29. The van der Waals surface area contributed by atoms with Gasteiger partial charge in [0.15, 0.2) is 5.60 Å². The van der Waals surface area contributed by atoms with Crippen molar-refractivity contribution in [3.63, 3.8) is 0 Å². The Morgan fingerprint density at radius 1 is 1.00 bits per heavy atom.